The smallest absolute Gasteiger partial charge is 0.340 e. The molecule has 0 aliphatic heterocycles. The fourth-order valence-corrected chi connectivity index (χ4v) is 3.16. The largest absolute Gasteiger partial charge is 0.418 e. The van der Waals surface area contributed by atoms with Crippen LogP contribution >= 0.6 is 0 Å². The summed E-state index contributed by atoms with van der Waals surface area (Å²) in [4.78, 5) is 6.51. The van der Waals surface area contributed by atoms with E-state index in [4.69, 9.17) is 5.73 Å². The second kappa shape index (κ2) is 5.37. The van der Waals surface area contributed by atoms with Crippen molar-refractivity contribution in [2.24, 2.45) is 5.73 Å². The van der Waals surface area contributed by atoms with Crippen LogP contribution in [0, 0.1) is 0 Å². The van der Waals surface area contributed by atoms with Gasteiger partial charge < -0.3 is 10.7 Å². The van der Waals surface area contributed by atoms with Crippen LogP contribution in [0.15, 0.2) is 12.1 Å². The van der Waals surface area contributed by atoms with Crippen LogP contribution in [0.1, 0.15) is 49.1 Å². The van der Waals surface area contributed by atoms with Crippen molar-refractivity contribution in [1.82, 2.24) is 9.97 Å². The Morgan fingerprint density at radius 1 is 0.958 bits per heavy atom. The molecule has 0 saturated heterocycles. The first-order chi connectivity index (χ1) is 11.0. The third-order valence-corrected chi connectivity index (χ3v) is 4.44. The molecule has 1 aliphatic carbocycles. The molecule has 1 fully saturated rings. The summed E-state index contributed by atoms with van der Waals surface area (Å²) in [5, 5.41) is 0. The standard InChI is InChI=1S/C15H15F6N3/c16-14(17,18)8-6-9(15(19,20)21)11-10(7-8)23-12(24-11)13(22)4-2-1-3-5-13/h6-7H,1-5,22H2,(H,23,24). The quantitative estimate of drug-likeness (QED) is 0.731. The molecular weight excluding hydrogens is 336 g/mol. The van der Waals surface area contributed by atoms with E-state index in [0.717, 1.165) is 19.3 Å². The van der Waals surface area contributed by atoms with Gasteiger partial charge in [-0.1, -0.05) is 19.3 Å². The number of aromatic nitrogens is 2. The first-order valence-electron chi connectivity index (χ1n) is 7.48. The minimum Gasteiger partial charge on any atom is -0.340 e. The highest BCUT2D eigenvalue weighted by Gasteiger charge is 2.40. The van der Waals surface area contributed by atoms with Gasteiger partial charge in [-0.15, -0.1) is 0 Å². The maximum absolute atomic E-state index is 13.2. The molecule has 24 heavy (non-hydrogen) atoms. The van der Waals surface area contributed by atoms with E-state index in [1.54, 1.807) is 0 Å². The third-order valence-electron chi connectivity index (χ3n) is 4.44. The molecule has 0 amide bonds. The molecule has 0 atom stereocenters. The van der Waals surface area contributed by atoms with Crippen LogP contribution < -0.4 is 5.73 Å². The summed E-state index contributed by atoms with van der Waals surface area (Å²) in [5.41, 5.74) is 1.70. The Bertz CT molecular complexity index is 753. The van der Waals surface area contributed by atoms with Crippen molar-refractivity contribution in [3.8, 4) is 0 Å². The summed E-state index contributed by atoms with van der Waals surface area (Å²) >= 11 is 0. The Morgan fingerprint density at radius 3 is 2.12 bits per heavy atom. The number of benzene rings is 1. The van der Waals surface area contributed by atoms with Crippen LogP contribution in [-0.4, -0.2) is 9.97 Å². The lowest BCUT2D eigenvalue weighted by Gasteiger charge is -2.31. The molecule has 0 spiro atoms. The number of alkyl halides is 6. The SMILES string of the molecule is NC1(c2nc3cc(C(F)(F)F)cc(C(F)(F)F)c3[nH]2)CCCCC1. The van der Waals surface area contributed by atoms with Crippen molar-refractivity contribution in [2.75, 3.05) is 0 Å². The Kier molecular flexibility index (Phi) is 3.82. The van der Waals surface area contributed by atoms with E-state index in [9.17, 15) is 26.3 Å². The van der Waals surface area contributed by atoms with Gasteiger partial charge in [0.25, 0.3) is 0 Å². The molecule has 3 rings (SSSR count). The van der Waals surface area contributed by atoms with E-state index in [2.05, 4.69) is 9.97 Å². The fraction of sp³-hybridized carbons (Fsp3) is 0.533. The number of hydrogen-bond acceptors (Lipinski definition) is 2. The Hall–Kier alpha value is -1.77. The summed E-state index contributed by atoms with van der Waals surface area (Å²) in [6.07, 6.45) is -6.21. The maximum Gasteiger partial charge on any atom is 0.418 e. The summed E-state index contributed by atoms with van der Waals surface area (Å²) in [6.45, 7) is 0. The summed E-state index contributed by atoms with van der Waals surface area (Å²) < 4.78 is 78.2. The molecule has 132 valence electrons. The van der Waals surface area contributed by atoms with Crippen LogP contribution in [0.2, 0.25) is 0 Å². The van der Waals surface area contributed by atoms with Crippen molar-refractivity contribution in [2.45, 2.75) is 50.0 Å². The number of fused-ring (bicyclic) bond motifs is 1. The van der Waals surface area contributed by atoms with Crippen molar-refractivity contribution in [3.05, 3.63) is 29.1 Å². The van der Waals surface area contributed by atoms with Crippen LogP contribution in [-0.2, 0) is 17.9 Å². The molecular formula is C15H15F6N3. The monoisotopic (exact) mass is 351 g/mol. The van der Waals surface area contributed by atoms with E-state index in [-0.39, 0.29) is 17.4 Å². The van der Waals surface area contributed by atoms with Crippen molar-refractivity contribution >= 4 is 11.0 Å². The topological polar surface area (TPSA) is 54.7 Å². The fourth-order valence-electron chi connectivity index (χ4n) is 3.16. The number of halogens is 6. The lowest BCUT2D eigenvalue weighted by molar-refractivity contribution is -0.142. The number of aromatic amines is 1. The second-order valence-corrected chi connectivity index (χ2v) is 6.22. The molecule has 3 nitrogen and oxygen atoms in total. The molecule has 9 heteroatoms. The highest BCUT2D eigenvalue weighted by atomic mass is 19.4. The van der Waals surface area contributed by atoms with Gasteiger partial charge in [0.2, 0.25) is 0 Å². The number of rotatable bonds is 1. The van der Waals surface area contributed by atoms with Gasteiger partial charge in [0.05, 0.1) is 27.7 Å². The van der Waals surface area contributed by atoms with Gasteiger partial charge in [0.15, 0.2) is 0 Å². The lowest BCUT2D eigenvalue weighted by atomic mass is 9.82. The number of nitrogens with one attached hydrogen (secondary N) is 1. The Labute approximate surface area is 133 Å². The minimum absolute atomic E-state index is 0.106. The predicted octanol–water partition coefficient (Wildman–Crippen LogP) is 4.72. The van der Waals surface area contributed by atoms with Gasteiger partial charge >= 0.3 is 12.4 Å². The molecule has 1 aromatic carbocycles. The van der Waals surface area contributed by atoms with Crippen molar-refractivity contribution < 1.29 is 26.3 Å². The Morgan fingerprint density at radius 2 is 1.58 bits per heavy atom. The zero-order valence-corrected chi connectivity index (χ0v) is 12.5. The van der Waals surface area contributed by atoms with Crippen LogP contribution in [0.3, 0.4) is 0 Å². The number of imidazole rings is 1. The van der Waals surface area contributed by atoms with Crippen LogP contribution in [0.5, 0.6) is 0 Å². The maximum atomic E-state index is 13.2. The number of nitrogens with two attached hydrogens (primary N) is 1. The average Bonchev–Trinajstić information content (AvgIpc) is 2.89. The van der Waals surface area contributed by atoms with Gasteiger partial charge in [0, 0.05) is 0 Å². The third kappa shape index (κ3) is 2.97. The predicted molar refractivity (Wildman–Crippen MR) is 75.0 cm³/mol. The zero-order chi connectivity index (χ0) is 17.8. The second-order valence-electron chi connectivity index (χ2n) is 6.22. The molecule has 1 aromatic heterocycles. The number of H-pyrrole nitrogens is 1. The summed E-state index contributed by atoms with van der Waals surface area (Å²) in [6, 6.07) is 0.727. The van der Waals surface area contributed by atoms with E-state index in [1.807, 2.05) is 0 Å². The van der Waals surface area contributed by atoms with Gasteiger partial charge in [-0.25, -0.2) is 4.98 Å². The minimum atomic E-state index is -4.93. The molecule has 0 radical (unpaired) electrons. The van der Waals surface area contributed by atoms with E-state index in [0.29, 0.717) is 18.9 Å². The first-order valence-corrected chi connectivity index (χ1v) is 7.48. The number of hydrogen-bond donors (Lipinski definition) is 2. The molecule has 0 unspecified atom stereocenters. The number of nitrogens with zero attached hydrogens (tertiary/aromatic N) is 1. The van der Waals surface area contributed by atoms with Gasteiger partial charge in [-0.3, -0.25) is 0 Å². The van der Waals surface area contributed by atoms with E-state index >= 15 is 0 Å². The van der Waals surface area contributed by atoms with Gasteiger partial charge in [0.1, 0.15) is 5.82 Å². The summed E-state index contributed by atoms with van der Waals surface area (Å²) in [5.74, 6) is 0.113. The van der Waals surface area contributed by atoms with Crippen molar-refractivity contribution in [1.29, 1.82) is 0 Å². The van der Waals surface area contributed by atoms with Crippen LogP contribution in [0.25, 0.3) is 11.0 Å². The van der Waals surface area contributed by atoms with Gasteiger partial charge in [-0.2, -0.15) is 26.3 Å². The molecule has 0 bridgehead atoms. The summed E-state index contributed by atoms with van der Waals surface area (Å²) in [7, 11) is 0. The average molecular weight is 351 g/mol. The lowest BCUT2D eigenvalue weighted by Crippen LogP contribution is -2.39. The molecule has 1 saturated carbocycles. The Balaban J connectivity index is 2.20. The first kappa shape index (κ1) is 17.1. The van der Waals surface area contributed by atoms with Crippen molar-refractivity contribution in [3.63, 3.8) is 0 Å². The van der Waals surface area contributed by atoms with Crippen LogP contribution in [0.4, 0.5) is 26.3 Å². The molecule has 2 aromatic rings. The highest BCUT2D eigenvalue weighted by molar-refractivity contribution is 5.81. The molecule has 1 aliphatic rings. The highest BCUT2D eigenvalue weighted by Crippen LogP contribution is 2.41. The molecule has 3 N–H and O–H groups in total. The van der Waals surface area contributed by atoms with E-state index in [1.165, 1.54) is 0 Å². The molecule has 1 heterocycles. The van der Waals surface area contributed by atoms with E-state index < -0.39 is 34.5 Å². The van der Waals surface area contributed by atoms with Gasteiger partial charge in [-0.05, 0) is 25.0 Å². The normalized spacial score (nSPS) is 19.0. The zero-order valence-electron chi connectivity index (χ0n) is 12.5.